The molecule has 1 aromatic rings. The lowest BCUT2D eigenvalue weighted by Crippen LogP contribution is -2.60. The molecule has 34 heavy (non-hydrogen) atoms. The van der Waals surface area contributed by atoms with Gasteiger partial charge in [-0.1, -0.05) is 12.1 Å². The van der Waals surface area contributed by atoms with E-state index in [2.05, 4.69) is 10.6 Å². The molecule has 5 atom stereocenters. The molecule has 0 aliphatic heterocycles. The molecule has 0 aliphatic rings. The SMILES string of the molecule is CC(O)C(NC(=O)C(Cc1ccc(O)cc1)NC(=O)C(N)CO)C(=O)NC(CC(N)=O)C(=O)O. The topological polar surface area (TPSA) is 254 Å². The number of aliphatic carboxylic acids is 1. The molecule has 0 heterocycles. The zero-order valence-corrected chi connectivity index (χ0v) is 18.3. The van der Waals surface area contributed by atoms with Gasteiger partial charge >= 0.3 is 5.97 Å². The first-order valence-electron chi connectivity index (χ1n) is 10.1. The summed E-state index contributed by atoms with van der Waals surface area (Å²) in [4.78, 5) is 59.9. The first-order valence-corrected chi connectivity index (χ1v) is 10.1. The van der Waals surface area contributed by atoms with Crippen LogP contribution in [0.3, 0.4) is 0 Å². The minimum absolute atomic E-state index is 0.0362. The van der Waals surface area contributed by atoms with Crippen LogP contribution in [0.5, 0.6) is 5.75 Å². The van der Waals surface area contributed by atoms with Crippen LogP contribution in [0.25, 0.3) is 0 Å². The summed E-state index contributed by atoms with van der Waals surface area (Å²) in [6.45, 7) is 0.456. The smallest absolute Gasteiger partial charge is 0.326 e. The molecule has 1 rings (SSSR count). The number of benzene rings is 1. The first-order chi connectivity index (χ1) is 15.8. The Labute approximate surface area is 194 Å². The van der Waals surface area contributed by atoms with Crippen molar-refractivity contribution in [3.05, 3.63) is 29.8 Å². The number of nitrogens with one attached hydrogen (secondary N) is 3. The normalized spacial score (nSPS) is 15.2. The van der Waals surface area contributed by atoms with E-state index in [1.807, 2.05) is 5.32 Å². The minimum atomic E-state index is -1.70. The van der Waals surface area contributed by atoms with E-state index in [0.29, 0.717) is 5.56 Å². The average molecular weight is 483 g/mol. The van der Waals surface area contributed by atoms with Crippen molar-refractivity contribution in [2.45, 2.75) is 50.0 Å². The summed E-state index contributed by atoms with van der Waals surface area (Å²) >= 11 is 0. The van der Waals surface area contributed by atoms with Gasteiger partial charge in [-0.25, -0.2) is 4.79 Å². The summed E-state index contributed by atoms with van der Waals surface area (Å²) in [6, 6.07) is -0.362. The number of aromatic hydroxyl groups is 1. The molecule has 188 valence electrons. The number of carbonyl (C=O) groups excluding carboxylic acids is 4. The second kappa shape index (κ2) is 13.1. The number of carboxylic acids is 1. The van der Waals surface area contributed by atoms with Gasteiger partial charge in [0.05, 0.1) is 19.1 Å². The summed E-state index contributed by atoms with van der Waals surface area (Å²) in [5.74, 6) is -5.51. The van der Waals surface area contributed by atoms with Crippen LogP contribution in [-0.4, -0.2) is 86.9 Å². The zero-order chi connectivity index (χ0) is 26.0. The van der Waals surface area contributed by atoms with Gasteiger partial charge < -0.3 is 47.8 Å². The summed E-state index contributed by atoms with van der Waals surface area (Å²) in [6.07, 6.45) is -2.35. The zero-order valence-electron chi connectivity index (χ0n) is 18.3. The Kier molecular flexibility index (Phi) is 10.9. The Bertz CT molecular complexity index is 891. The maximum absolute atomic E-state index is 12.9. The molecule has 4 amide bonds. The fourth-order valence-corrected chi connectivity index (χ4v) is 2.76. The number of carbonyl (C=O) groups is 5. The Hall–Kier alpha value is -3.75. The van der Waals surface area contributed by atoms with Crippen LogP contribution in [0.2, 0.25) is 0 Å². The molecule has 0 radical (unpaired) electrons. The highest BCUT2D eigenvalue weighted by molar-refractivity contribution is 5.95. The highest BCUT2D eigenvalue weighted by Crippen LogP contribution is 2.12. The number of aliphatic hydroxyl groups is 2. The lowest BCUT2D eigenvalue weighted by Gasteiger charge is -2.26. The predicted octanol–water partition coefficient (Wildman–Crippen LogP) is -3.95. The second-order valence-electron chi connectivity index (χ2n) is 7.52. The van der Waals surface area contributed by atoms with Gasteiger partial charge in [-0.05, 0) is 24.6 Å². The molecular weight excluding hydrogens is 454 g/mol. The molecular formula is C20H29N5O9. The van der Waals surface area contributed by atoms with Gasteiger partial charge in [0, 0.05) is 6.42 Å². The van der Waals surface area contributed by atoms with Crippen LogP contribution < -0.4 is 27.4 Å². The van der Waals surface area contributed by atoms with E-state index in [1.54, 1.807) is 0 Å². The molecule has 0 saturated carbocycles. The maximum atomic E-state index is 12.9. The molecule has 0 aliphatic carbocycles. The summed E-state index contributed by atoms with van der Waals surface area (Å²) in [5, 5.41) is 44.2. The van der Waals surface area contributed by atoms with E-state index in [-0.39, 0.29) is 12.2 Å². The van der Waals surface area contributed by atoms with Gasteiger partial charge in [-0.15, -0.1) is 0 Å². The summed E-state index contributed by atoms with van der Waals surface area (Å²) in [7, 11) is 0. The van der Waals surface area contributed by atoms with Crippen LogP contribution in [0.15, 0.2) is 24.3 Å². The van der Waals surface area contributed by atoms with Crippen molar-refractivity contribution < 1.29 is 44.4 Å². The number of carboxylic acid groups (broad SMARTS) is 1. The third kappa shape index (κ3) is 9.01. The minimum Gasteiger partial charge on any atom is -0.508 e. The van der Waals surface area contributed by atoms with Crippen molar-refractivity contribution in [3.63, 3.8) is 0 Å². The third-order valence-electron chi connectivity index (χ3n) is 4.63. The van der Waals surface area contributed by atoms with Crippen molar-refractivity contribution in [2.75, 3.05) is 6.61 Å². The van der Waals surface area contributed by atoms with Gasteiger partial charge in [0.2, 0.25) is 23.6 Å². The van der Waals surface area contributed by atoms with E-state index < -0.39 is 72.9 Å². The number of hydrogen-bond donors (Lipinski definition) is 9. The standard InChI is InChI=1S/C20H29N5O9/c1-9(27)16(19(32)24-14(20(33)34)7-15(22)29)25-18(31)13(23-17(30)12(21)8-26)6-10-2-4-11(28)5-3-10/h2-5,9,12-14,16,26-28H,6-8,21H2,1H3,(H2,22,29)(H,23,30)(H,24,32)(H,25,31)(H,33,34). The van der Waals surface area contributed by atoms with Crippen molar-refractivity contribution >= 4 is 29.6 Å². The van der Waals surface area contributed by atoms with Gasteiger partial charge in [0.15, 0.2) is 0 Å². The fraction of sp³-hybridized carbons (Fsp3) is 0.450. The lowest BCUT2D eigenvalue weighted by molar-refractivity contribution is -0.144. The van der Waals surface area contributed by atoms with Crippen molar-refractivity contribution in [1.29, 1.82) is 0 Å². The molecule has 0 bridgehead atoms. The maximum Gasteiger partial charge on any atom is 0.326 e. The number of nitrogens with two attached hydrogens (primary N) is 2. The summed E-state index contributed by atoms with van der Waals surface area (Å²) < 4.78 is 0. The van der Waals surface area contributed by atoms with Crippen molar-refractivity contribution in [3.8, 4) is 5.75 Å². The van der Waals surface area contributed by atoms with E-state index in [1.165, 1.54) is 24.3 Å². The monoisotopic (exact) mass is 483 g/mol. The largest absolute Gasteiger partial charge is 0.508 e. The molecule has 14 heteroatoms. The number of phenols is 1. The lowest BCUT2D eigenvalue weighted by atomic mass is 10.0. The molecule has 1 aromatic carbocycles. The van der Waals surface area contributed by atoms with Crippen LogP contribution >= 0.6 is 0 Å². The molecule has 0 saturated heterocycles. The number of hydrogen-bond acceptors (Lipinski definition) is 9. The number of rotatable bonds is 13. The first kappa shape index (κ1) is 28.3. The third-order valence-corrected chi connectivity index (χ3v) is 4.63. The highest BCUT2D eigenvalue weighted by Gasteiger charge is 2.33. The Morgan fingerprint density at radius 3 is 1.97 bits per heavy atom. The van der Waals surface area contributed by atoms with Crippen LogP contribution in [0, 0.1) is 0 Å². The number of primary amides is 1. The highest BCUT2D eigenvalue weighted by atomic mass is 16.4. The van der Waals surface area contributed by atoms with Gasteiger partial charge in [0.1, 0.15) is 29.9 Å². The number of phenolic OH excluding ortho intramolecular Hbond substituents is 1. The van der Waals surface area contributed by atoms with Gasteiger partial charge in [-0.2, -0.15) is 0 Å². The average Bonchev–Trinajstić information content (AvgIpc) is 2.76. The van der Waals surface area contributed by atoms with Crippen LogP contribution in [-0.2, 0) is 30.4 Å². The molecule has 14 nitrogen and oxygen atoms in total. The molecule has 0 fully saturated rings. The molecule has 0 spiro atoms. The molecule has 11 N–H and O–H groups in total. The Balaban J connectivity index is 3.08. The number of amides is 4. The van der Waals surface area contributed by atoms with E-state index >= 15 is 0 Å². The Morgan fingerprint density at radius 1 is 0.941 bits per heavy atom. The fourth-order valence-electron chi connectivity index (χ4n) is 2.76. The van der Waals surface area contributed by atoms with Crippen LogP contribution in [0.1, 0.15) is 18.9 Å². The molecule has 0 aromatic heterocycles. The second-order valence-corrected chi connectivity index (χ2v) is 7.52. The van der Waals surface area contributed by atoms with E-state index in [0.717, 1.165) is 6.92 Å². The molecule has 5 unspecified atom stereocenters. The van der Waals surface area contributed by atoms with Gasteiger partial charge in [0.25, 0.3) is 0 Å². The van der Waals surface area contributed by atoms with E-state index in [9.17, 15) is 34.2 Å². The predicted molar refractivity (Wildman–Crippen MR) is 116 cm³/mol. The Morgan fingerprint density at radius 2 is 1.50 bits per heavy atom. The van der Waals surface area contributed by atoms with Crippen LogP contribution in [0.4, 0.5) is 0 Å². The quantitative estimate of drug-likeness (QED) is 0.131. The van der Waals surface area contributed by atoms with Crippen molar-refractivity contribution in [1.82, 2.24) is 16.0 Å². The van der Waals surface area contributed by atoms with Crippen molar-refractivity contribution in [2.24, 2.45) is 11.5 Å². The number of aliphatic hydroxyl groups excluding tert-OH is 2. The summed E-state index contributed by atoms with van der Waals surface area (Å²) in [5.41, 5.74) is 10.9. The van der Waals surface area contributed by atoms with E-state index in [4.69, 9.17) is 21.7 Å². The van der Waals surface area contributed by atoms with Gasteiger partial charge in [-0.3, -0.25) is 19.2 Å².